The van der Waals surface area contributed by atoms with Gasteiger partial charge in [0, 0.05) is 16.6 Å². The molecule has 1 aromatic heterocycles. The van der Waals surface area contributed by atoms with E-state index in [4.69, 9.17) is 9.72 Å². The van der Waals surface area contributed by atoms with Gasteiger partial charge in [-0.2, -0.15) is 0 Å². The fourth-order valence-corrected chi connectivity index (χ4v) is 5.15. The number of hydrogen-bond acceptors (Lipinski definition) is 4. The van der Waals surface area contributed by atoms with Crippen LogP contribution < -0.4 is 10.1 Å². The summed E-state index contributed by atoms with van der Waals surface area (Å²) in [4.78, 5) is 5.07. The second-order valence-corrected chi connectivity index (χ2v) is 9.88. The fraction of sp³-hybridized carbons (Fsp3) is 0.323. The summed E-state index contributed by atoms with van der Waals surface area (Å²) in [6.07, 6.45) is 7.14. The second kappa shape index (κ2) is 12.6. The summed E-state index contributed by atoms with van der Waals surface area (Å²) in [7, 11) is 1.71. The molecule has 0 spiro atoms. The summed E-state index contributed by atoms with van der Waals surface area (Å²) in [5.41, 5.74) is 7.08. The van der Waals surface area contributed by atoms with Crippen LogP contribution in [0.1, 0.15) is 67.3 Å². The van der Waals surface area contributed by atoms with Crippen molar-refractivity contribution in [3.63, 3.8) is 0 Å². The molecule has 0 bridgehead atoms. The lowest BCUT2D eigenvalue weighted by Crippen LogP contribution is -2.12. The molecule has 1 atom stereocenters. The number of ether oxygens (including phenoxy) is 1. The molecule has 0 aliphatic rings. The molecule has 1 unspecified atom stereocenters. The average Bonchev–Trinajstić information content (AvgIpc) is 3.40. The summed E-state index contributed by atoms with van der Waals surface area (Å²) >= 11 is 1.69. The summed E-state index contributed by atoms with van der Waals surface area (Å²) < 4.78 is 5.58. The van der Waals surface area contributed by atoms with Crippen LogP contribution in [-0.2, 0) is 12.8 Å². The van der Waals surface area contributed by atoms with E-state index in [9.17, 15) is 0 Å². The number of anilines is 1. The van der Waals surface area contributed by atoms with E-state index in [1.54, 1.807) is 18.4 Å². The van der Waals surface area contributed by atoms with Gasteiger partial charge in [0.15, 0.2) is 0 Å². The lowest BCUT2D eigenvalue weighted by Gasteiger charge is -2.19. The number of rotatable bonds is 12. The molecule has 4 rings (SSSR count). The molecule has 182 valence electrons. The highest BCUT2D eigenvalue weighted by atomic mass is 32.1. The van der Waals surface area contributed by atoms with Gasteiger partial charge in [-0.25, -0.2) is 4.98 Å². The molecule has 3 aromatic carbocycles. The SMILES string of the molecule is CCCCc1ccc(NC(c2ccc(CCCC)cc2)c2nc(-c3ccccc3OC)cs2)cc1. The molecular formula is C31H36N2OS. The van der Waals surface area contributed by atoms with Gasteiger partial charge in [-0.05, 0) is 66.6 Å². The molecule has 0 saturated heterocycles. The molecule has 1 heterocycles. The highest BCUT2D eigenvalue weighted by Crippen LogP contribution is 2.35. The predicted octanol–water partition coefficient (Wildman–Crippen LogP) is 8.71. The standard InChI is InChI=1S/C31H36N2OS/c1-4-6-10-23-14-18-25(19-15-23)30(32-26-20-16-24(17-21-26)11-7-5-2)31-33-28(22-35-31)27-12-8-9-13-29(27)34-3/h8-9,12-22,30,32H,4-7,10-11H2,1-3H3. The molecule has 0 radical (unpaired) electrons. The molecule has 35 heavy (non-hydrogen) atoms. The van der Waals surface area contributed by atoms with Gasteiger partial charge in [0.1, 0.15) is 16.8 Å². The molecule has 4 aromatic rings. The Hall–Kier alpha value is -3.11. The predicted molar refractivity (Wildman–Crippen MR) is 150 cm³/mol. The monoisotopic (exact) mass is 484 g/mol. The first-order valence-corrected chi connectivity index (χ1v) is 13.6. The van der Waals surface area contributed by atoms with Gasteiger partial charge in [-0.1, -0.05) is 75.2 Å². The van der Waals surface area contributed by atoms with Gasteiger partial charge in [0.25, 0.3) is 0 Å². The van der Waals surface area contributed by atoms with E-state index < -0.39 is 0 Å². The number of nitrogens with zero attached hydrogens (tertiary/aromatic N) is 1. The van der Waals surface area contributed by atoms with Crippen molar-refractivity contribution in [2.75, 3.05) is 12.4 Å². The maximum atomic E-state index is 5.58. The van der Waals surface area contributed by atoms with E-state index in [1.165, 1.54) is 42.4 Å². The quantitative estimate of drug-likeness (QED) is 0.218. The van der Waals surface area contributed by atoms with Gasteiger partial charge in [-0.15, -0.1) is 11.3 Å². The third-order valence-corrected chi connectivity index (χ3v) is 7.28. The van der Waals surface area contributed by atoms with Crippen LogP contribution in [0.3, 0.4) is 0 Å². The number of unbranched alkanes of at least 4 members (excludes halogenated alkanes) is 2. The zero-order valence-corrected chi connectivity index (χ0v) is 21.9. The van der Waals surface area contributed by atoms with E-state index >= 15 is 0 Å². The van der Waals surface area contributed by atoms with Gasteiger partial charge >= 0.3 is 0 Å². The third kappa shape index (κ3) is 6.52. The third-order valence-electron chi connectivity index (χ3n) is 6.37. The van der Waals surface area contributed by atoms with E-state index in [0.29, 0.717) is 0 Å². The Morgan fingerprint density at radius 2 is 1.46 bits per heavy atom. The highest BCUT2D eigenvalue weighted by Gasteiger charge is 2.20. The van der Waals surface area contributed by atoms with Crippen LogP contribution in [0.2, 0.25) is 0 Å². The van der Waals surface area contributed by atoms with Crippen molar-refractivity contribution in [3.05, 3.63) is 99.9 Å². The number of aryl methyl sites for hydroxylation is 2. The van der Waals surface area contributed by atoms with E-state index in [0.717, 1.165) is 40.5 Å². The zero-order chi connectivity index (χ0) is 24.5. The van der Waals surface area contributed by atoms with E-state index in [2.05, 4.69) is 79.1 Å². The topological polar surface area (TPSA) is 34.2 Å². The van der Waals surface area contributed by atoms with Crippen molar-refractivity contribution in [2.45, 2.75) is 58.4 Å². The van der Waals surface area contributed by atoms with E-state index in [1.807, 2.05) is 18.2 Å². The van der Waals surface area contributed by atoms with Crippen LogP contribution in [0.15, 0.2) is 78.2 Å². The van der Waals surface area contributed by atoms with Crippen molar-refractivity contribution in [1.82, 2.24) is 4.98 Å². The van der Waals surface area contributed by atoms with Crippen molar-refractivity contribution >= 4 is 17.0 Å². The smallest absolute Gasteiger partial charge is 0.128 e. The van der Waals surface area contributed by atoms with Crippen molar-refractivity contribution < 1.29 is 4.74 Å². The first kappa shape index (κ1) is 25.0. The molecule has 1 N–H and O–H groups in total. The van der Waals surface area contributed by atoms with Crippen molar-refractivity contribution in [2.24, 2.45) is 0 Å². The van der Waals surface area contributed by atoms with E-state index in [-0.39, 0.29) is 6.04 Å². The Morgan fingerprint density at radius 1 is 0.829 bits per heavy atom. The minimum atomic E-state index is -0.0230. The van der Waals surface area contributed by atoms with Gasteiger partial charge < -0.3 is 10.1 Å². The second-order valence-electron chi connectivity index (χ2n) is 8.99. The Balaban J connectivity index is 1.63. The Kier molecular flexibility index (Phi) is 8.96. The number of aromatic nitrogens is 1. The van der Waals surface area contributed by atoms with Crippen LogP contribution in [0.5, 0.6) is 5.75 Å². The lowest BCUT2D eigenvalue weighted by atomic mass is 10.0. The summed E-state index contributed by atoms with van der Waals surface area (Å²) in [6.45, 7) is 4.48. The minimum absolute atomic E-state index is 0.0230. The van der Waals surface area contributed by atoms with Crippen LogP contribution in [0.4, 0.5) is 5.69 Å². The van der Waals surface area contributed by atoms with Crippen LogP contribution in [0, 0.1) is 0 Å². The molecule has 0 aliphatic carbocycles. The number of nitrogens with one attached hydrogen (secondary N) is 1. The summed E-state index contributed by atoms with van der Waals surface area (Å²) in [5, 5.41) is 6.94. The highest BCUT2D eigenvalue weighted by molar-refractivity contribution is 7.10. The molecule has 0 aliphatic heterocycles. The normalized spacial score (nSPS) is 11.9. The van der Waals surface area contributed by atoms with Crippen molar-refractivity contribution in [1.29, 1.82) is 0 Å². The number of hydrogen-bond donors (Lipinski definition) is 1. The maximum Gasteiger partial charge on any atom is 0.128 e. The molecular weight excluding hydrogens is 448 g/mol. The van der Waals surface area contributed by atoms with Crippen LogP contribution >= 0.6 is 11.3 Å². The Labute approximate surface area is 214 Å². The molecule has 4 heteroatoms. The first-order valence-electron chi connectivity index (χ1n) is 12.7. The van der Waals surface area contributed by atoms with Gasteiger partial charge in [0.2, 0.25) is 0 Å². The number of benzene rings is 3. The Morgan fingerprint density at radius 3 is 2.09 bits per heavy atom. The van der Waals surface area contributed by atoms with Gasteiger partial charge in [0.05, 0.1) is 12.8 Å². The lowest BCUT2D eigenvalue weighted by molar-refractivity contribution is 0.416. The van der Waals surface area contributed by atoms with Crippen molar-refractivity contribution in [3.8, 4) is 17.0 Å². The molecule has 0 saturated carbocycles. The number of thiazole rings is 1. The number of methoxy groups -OCH3 is 1. The molecule has 3 nitrogen and oxygen atoms in total. The number of para-hydroxylation sites is 1. The fourth-order valence-electron chi connectivity index (χ4n) is 4.26. The Bertz CT molecular complexity index is 1180. The summed E-state index contributed by atoms with van der Waals surface area (Å²) in [5.74, 6) is 0.844. The maximum absolute atomic E-state index is 5.58. The zero-order valence-electron chi connectivity index (χ0n) is 21.1. The van der Waals surface area contributed by atoms with Gasteiger partial charge in [-0.3, -0.25) is 0 Å². The molecule has 0 amide bonds. The largest absolute Gasteiger partial charge is 0.496 e. The summed E-state index contributed by atoms with van der Waals surface area (Å²) in [6, 6.07) is 26.0. The van der Waals surface area contributed by atoms with Crippen LogP contribution in [0.25, 0.3) is 11.3 Å². The molecule has 0 fully saturated rings. The van der Waals surface area contributed by atoms with Crippen LogP contribution in [-0.4, -0.2) is 12.1 Å². The minimum Gasteiger partial charge on any atom is -0.496 e. The first-order chi connectivity index (χ1) is 17.2. The average molecular weight is 485 g/mol.